The number of amides is 2. The summed E-state index contributed by atoms with van der Waals surface area (Å²) < 4.78 is 0.852. The van der Waals surface area contributed by atoms with Gasteiger partial charge >= 0.3 is 0 Å². The molecule has 0 spiro atoms. The van der Waals surface area contributed by atoms with Gasteiger partial charge in [0.25, 0.3) is 5.91 Å². The van der Waals surface area contributed by atoms with Crippen LogP contribution < -0.4 is 10.9 Å². The largest absolute Gasteiger partial charge is 0.279 e. The van der Waals surface area contributed by atoms with Crippen molar-refractivity contribution in [2.24, 2.45) is 0 Å². The van der Waals surface area contributed by atoms with Crippen LogP contribution in [0.2, 0.25) is 0 Å². The Bertz CT molecular complexity index is 337. The Kier molecular flexibility index (Phi) is 3.44. The summed E-state index contributed by atoms with van der Waals surface area (Å²) in [5.41, 5.74) is 4.47. The molecule has 2 amide bonds. The zero-order valence-corrected chi connectivity index (χ0v) is 9.16. The fourth-order valence-corrected chi connectivity index (χ4v) is 1.96. The molecule has 1 rings (SSSR count). The lowest BCUT2D eigenvalue weighted by Crippen LogP contribution is -2.39. The zero-order valence-electron chi connectivity index (χ0n) is 6.76. The molecule has 0 aliphatic heterocycles. The van der Waals surface area contributed by atoms with Crippen LogP contribution in [0.1, 0.15) is 16.6 Å². The first-order valence-corrected chi connectivity index (χ1v) is 5.08. The Labute approximate surface area is 87.4 Å². The van der Waals surface area contributed by atoms with Crippen molar-refractivity contribution in [3.8, 4) is 0 Å². The van der Waals surface area contributed by atoms with E-state index in [1.165, 1.54) is 18.3 Å². The number of hydrazine groups is 1. The monoisotopic (exact) mass is 262 g/mol. The van der Waals surface area contributed by atoms with Crippen molar-refractivity contribution in [1.29, 1.82) is 0 Å². The van der Waals surface area contributed by atoms with Crippen LogP contribution in [0.5, 0.6) is 0 Å². The Hall–Kier alpha value is -0.880. The van der Waals surface area contributed by atoms with Gasteiger partial charge in [-0.3, -0.25) is 20.4 Å². The number of hydrogen-bond donors (Lipinski definition) is 2. The van der Waals surface area contributed by atoms with Crippen molar-refractivity contribution in [2.45, 2.75) is 6.92 Å². The third kappa shape index (κ3) is 3.16. The lowest BCUT2D eigenvalue weighted by atomic mass is 10.4. The maximum absolute atomic E-state index is 11.2. The van der Waals surface area contributed by atoms with Crippen LogP contribution in [-0.2, 0) is 4.79 Å². The van der Waals surface area contributed by atoms with Crippen molar-refractivity contribution >= 4 is 39.1 Å². The second kappa shape index (κ2) is 4.38. The minimum absolute atomic E-state index is 0.302. The predicted octanol–water partition coefficient (Wildman–Crippen LogP) is 1.29. The molecule has 1 heterocycles. The number of thiophene rings is 1. The molecule has 0 saturated heterocycles. The molecule has 13 heavy (non-hydrogen) atoms. The molecular weight excluding hydrogens is 256 g/mol. The summed E-state index contributed by atoms with van der Waals surface area (Å²) in [5.74, 6) is -0.616. The minimum atomic E-state index is -0.314. The molecule has 0 saturated carbocycles. The van der Waals surface area contributed by atoms with E-state index in [0.29, 0.717) is 4.88 Å². The normalized spacial score (nSPS) is 9.38. The van der Waals surface area contributed by atoms with Gasteiger partial charge in [-0.15, -0.1) is 11.3 Å². The van der Waals surface area contributed by atoms with E-state index in [4.69, 9.17) is 0 Å². The number of carbonyl (C=O) groups is 2. The number of nitrogens with one attached hydrogen (secondary N) is 2. The van der Waals surface area contributed by atoms with Crippen molar-refractivity contribution < 1.29 is 9.59 Å². The van der Waals surface area contributed by atoms with Gasteiger partial charge in [0.05, 0.1) is 4.88 Å². The van der Waals surface area contributed by atoms with Gasteiger partial charge in [-0.1, -0.05) is 0 Å². The first kappa shape index (κ1) is 10.2. The molecule has 0 aliphatic rings. The summed E-state index contributed by atoms with van der Waals surface area (Å²) in [6.45, 7) is 1.32. The van der Waals surface area contributed by atoms with Gasteiger partial charge in [-0.05, 0) is 22.0 Å². The fraction of sp³-hybridized carbons (Fsp3) is 0.143. The van der Waals surface area contributed by atoms with Gasteiger partial charge in [-0.2, -0.15) is 0 Å². The van der Waals surface area contributed by atoms with Crippen LogP contribution in [-0.4, -0.2) is 11.8 Å². The maximum Gasteiger partial charge on any atom is 0.279 e. The molecule has 0 radical (unpaired) electrons. The van der Waals surface area contributed by atoms with Gasteiger partial charge in [0.15, 0.2) is 0 Å². The van der Waals surface area contributed by atoms with Crippen molar-refractivity contribution in [3.63, 3.8) is 0 Å². The predicted molar refractivity (Wildman–Crippen MR) is 53.3 cm³/mol. The lowest BCUT2D eigenvalue weighted by molar-refractivity contribution is -0.119. The van der Waals surface area contributed by atoms with E-state index in [9.17, 15) is 9.59 Å². The number of carbonyl (C=O) groups excluding carboxylic acids is 2. The van der Waals surface area contributed by atoms with E-state index >= 15 is 0 Å². The van der Waals surface area contributed by atoms with E-state index in [1.807, 2.05) is 0 Å². The third-order valence-electron chi connectivity index (χ3n) is 1.14. The van der Waals surface area contributed by atoms with Gasteiger partial charge in [-0.25, -0.2) is 0 Å². The average molecular weight is 263 g/mol. The quantitative estimate of drug-likeness (QED) is 0.750. The highest BCUT2D eigenvalue weighted by molar-refractivity contribution is 9.10. The second-order valence-corrected chi connectivity index (χ2v) is 4.09. The van der Waals surface area contributed by atoms with Gasteiger partial charge in [0.1, 0.15) is 0 Å². The van der Waals surface area contributed by atoms with Crippen LogP contribution in [0.3, 0.4) is 0 Å². The molecule has 6 heteroatoms. The zero-order chi connectivity index (χ0) is 9.84. The van der Waals surface area contributed by atoms with Crippen LogP contribution in [0, 0.1) is 0 Å². The van der Waals surface area contributed by atoms with Crippen LogP contribution in [0.25, 0.3) is 0 Å². The molecule has 1 aromatic rings. The topological polar surface area (TPSA) is 58.2 Å². The Balaban J connectivity index is 2.54. The maximum atomic E-state index is 11.2. The van der Waals surface area contributed by atoms with E-state index in [2.05, 4.69) is 26.8 Å². The van der Waals surface area contributed by atoms with Crippen LogP contribution in [0.15, 0.2) is 15.9 Å². The molecular formula is C7H7BrN2O2S. The number of rotatable bonds is 1. The van der Waals surface area contributed by atoms with E-state index in [-0.39, 0.29) is 11.8 Å². The number of halogens is 1. The molecule has 0 aromatic carbocycles. The highest BCUT2D eigenvalue weighted by Gasteiger charge is 2.07. The summed E-state index contributed by atoms with van der Waals surface area (Å²) in [5, 5.41) is 1.79. The SMILES string of the molecule is CC(=O)NNC(=O)c1cc(Br)cs1. The lowest BCUT2D eigenvalue weighted by Gasteiger charge is -2.01. The molecule has 0 bridgehead atoms. The highest BCUT2D eigenvalue weighted by atomic mass is 79.9. The summed E-state index contributed by atoms with van der Waals surface area (Å²) in [4.78, 5) is 22.2. The molecule has 0 unspecified atom stereocenters. The molecule has 0 atom stereocenters. The second-order valence-electron chi connectivity index (χ2n) is 2.26. The van der Waals surface area contributed by atoms with E-state index < -0.39 is 0 Å². The standard InChI is InChI=1S/C7H7BrN2O2S/c1-4(11)9-10-7(12)6-2-5(8)3-13-6/h2-3H,1H3,(H,9,11)(H,10,12). The van der Waals surface area contributed by atoms with Crippen molar-refractivity contribution in [1.82, 2.24) is 10.9 Å². The Morgan fingerprint density at radius 3 is 2.62 bits per heavy atom. The molecule has 0 fully saturated rings. The van der Waals surface area contributed by atoms with Gasteiger partial charge in [0.2, 0.25) is 5.91 Å². The summed E-state index contributed by atoms with van der Waals surface area (Å²) in [6.07, 6.45) is 0. The first-order valence-electron chi connectivity index (χ1n) is 3.40. The van der Waals surface area contributed by atoms with Crippen molar-refractivity contribution in [3.05, 3.63) is 20.8 Å². The van der Waals surface area contributed by atoms with Gasteiger partial charge < -0.3 is 0 Å². The molecule has 0 aliphatic carbocycles. The third-order valence-corrected chi connectivity index (χ3v) is 2.83. The number of hydrogen-bond acceptors (Lipinski definition) is 3. The molecule has 1 aromatic heterocycles. The van der Waals surface area contributed by atoms with Crippen molar-refractivity contribution in [2.75, 3.05) is 0 Å². The van der Waals surface area contributed by atoms with Crippen LogP contribution in [0.4, 0.5) is 0 Å². The molecule has 2 N–H and O–H groups in total. The van der Waals surface area contributed by atoms with E-state index in [1.54, 1.807) is 11.4 Å². The summed E-state index contributed by atoms with van der Waals surface area (Å²) >= 11 is 4.52. The Morgan fingerprint density at radius 1 is 1.46 bits per heavy atom. The van der Waals surface area contributed by atoms with Crippen LogP contribution >= 0.6 is 27.3 Å². The first-order chi connectivity index (χ1) is 6.09. The Morgan fingerprint density at radius 2 is 2.15 bits per heavy atom. The minimum Gasteiger partial charge on any atom is -0.274 e. The average Bonchev–Trinajstić information content (AvgIpc) is 2.47. The molecule has 70 valence electrons. The van der Waals surface area contributed by atoms with Gasteiger partial charge in [0, 0.05) is 16.8 Å². The summed E-state index contributed by atoms with van der Waals surface area (Å²) in [6, 6.07) is 1.68. The fourth-order valence-electron chi connectivity index (χ4n) is 0.639. The summed E-state index contributed by atoms with van der Waals surface area (Å²) in [7, 11) is 0. The van der Waals surface area contributed by atoms with E-state index in [0.717, 1.165) is 4.47 Å². The molecule has 4 nitrogen and oxygen atoms in total. The highest BCUT2D eigenvalue weighted by Crippen LogP contribution is 2.19. The smallest absolute Gasteiger partial charge is 0.274 e.